The van der Waals surface area contributed by atoms with Crippen molar-refractivity contribution in [3.05, 3.63) is 34.8 Å². The normalized spacial score (nSPS) is 12.6. The van der Waals surface area contributed by atoms with E-state index in [2.05, 4.69) is 9.97 Å². The highest BCUT2D eigenvalue weighted by Crippen LogP contribution is 2.26. The number of Topliss-reactive ketones (excluding diaryl/α,β-unsaturated/α-hetero) is 1. The molecule has 0 aliphatic carbocycles. The summed E-state index contributed by atoms with van der Waals surface area (Å²) in [6, 6.07) is 5.53. The quantitative estimate of drug-likeness (QED) is 0.799. The maximum atomic E-state index is 12.5. The van der Waals surface area contributed by atoms with E-state index in [9.17, 15) is 13.2 Å². The molecule has 2 rings (SSSR count). The molecule has 2 aromatic heterocycles. The van der Waals surface area contributed by atoms with Crippen LogP contribution in [0.4, 0.5) is 0 Å². The Hall–Kier alpha value is -1.60. The van der Waals surface area contributed by atoms with E-state index in [4.69, 9.17) is 0 Å². The van der Waals surface area contributed by atoms with Crippen LogP contribution in [0.1, 0.15) is 32.7 Å². The van der Waals surface area contributed by atoms with E-state index in [1.165, 1.54) is 25.2 Å². The van der Waals surface area contributed by atoms with Crippen molar-refractivity contribution in [1.82, 2.24) is 9.97 Å². The summed E-state index contributed by atoms with van der Waals surface area (Å²) < 4.78 is 23.3. The summed E-state index contributed by atoms with van der Waals surface area (Å²) in [5, 5.41) is 1.83. The molecule has 0 spiro atoms. The SMILES string of the molecule is CC(C)S(=O)(=O)C(C)(C)C(=O)Cc1nc(-c2ccccn2)cs1. The molecule has 7 heteroatoms. The van der Waals surface area contributed by atoms with E-state index in [-0.39, 0.29) is 12.2 Å². The summed E-state index contributed by atoms with van der Waals surface area (Å²) in [5.41, 5.74) is 1.43. The van der Waals surface area contributed by atoms with Crippen LogP contribution in [0, 0.1) is 0 Å². The monoisotopic (exact) mass is 352 g/mol. The number of sulfone groups is 1. The van der Waals surface area contributed by atoms with Gasteiger partial charge in [0, 0.05) is 11.6 Å². The molecule has 0 bridgehead atoms. The largest absolute Gasteiger partial charge is 0.297 e. The maximum absolute atomic E-state index is 12.5. The van der Waals surface area contributed by atoms with Crippen LogP contribution in [-0.2, 0) is 21.1 Å². The molecule has 124 valence electrons. The second-order valence-corrected chi connectivity index (χ2v) is 10.0. The standard InChI is InChI=1S/C16H20N2O3S2/c1-11(2)23(20,21)16(3,4)14(19)9-15-18-13(10-22-15)12-7-5-6-8-17-12/h5-8,10-11H,9H2,1-4H3. The van der Waals surface area contributed by atoms with E-state index in [1.807, 2.05) is 23.6 Å². The Morgan fingerprint density at radius 3 is 2.52 bits per heavy atom. The lowest BCUT2D eigenvalue weighted by atomic mass is 10.1. The number of pyridine rings is 1. The molecule has 0 atom stereocenters. The minimum absolute atomic E-state index is 0.0104. The van der Waals surface area contributed by atoms with Gasteiger partial charge in [0.25, 0.3) is 0 Å². The Morgan fingerprint density at radius 1 is 1.26 bits per heavy atom. The number of aromatic nitrogens is 2. The molecular formula is C16H20N2O3S2. The molecule has 0 saturated heterocycles. The molecule has 2 heterocycles. The van der Waals surface area contributed by atoms with Crippen molar-refractivity contribution < 1.29 is 13.2 Å². The average Bonchev–Trinajstić information content (AvgIpc) is 2.96. The molecule has 23 heavy (non-hydrogen) atoms. The van der Waals surface area contributed by atoms with Crippen LogP contribution >= 0.6 is 11.3 Å². The number of rotatable bonds is 6. The molecule has 5 nitrogen and oxygen atoms in total. The number of carbonyl (C=O) groups excluding carboxylic acids is 1. The van der Waals surface area contributed by atoms with Crippen LogP contribution in [0.25, 0.3) is 11.4 Å². The van der Waals surface area contributed by atoms with Crippen molar-refractivity contribution in [2.45, 2.75) is 44.1 Å². The average molecular weight is 352 g/mol. The Labute approximate surface area is 140 Å². The Bertz CT molecular complexity index is 794. The van der Waals surface area contributed by atoms with E-state index in [0.717, 1.165) is 5.69 Å². The van der Waals surface area contributed by atoms with Gasteiger partial charge in [-0.05, 0) is 39.8 Å². The summed E-state index contributed by atoms with van der Waals surface area (Å²) >= 11 is 1.34. The summed E-state index contributed by atoms with van der Waals surface area (Å²) in [6.07, 6.45) is 1.69. The van der Waals surface area contributed by atoms with Gasteiger partial charge in [0.15, 0.2) is 15.6 Å². The van der Waals surface area contributed by atoms with Crippen LogP contribution in [0.15, 0.2) is 29.8 Å². The van der Waals surface area contributed by atoms with E-state index >= 15 is 0 Å². The van der Waals surface area contributed by atoms with Gasteiger partial charge in [0.1, 0.15) is 9.75 Å². The smallest absolute Gasteiger partial charge is 0.164 e. The fourth-order valence-electron chi connectivity index (χ4n) is 2.12. The van der Waals surface area contributed by atoms with Gasteiger partial charge < -0.3 is 0 Å². The zero-order chi connectivity index (χ0) is 17.3. The van der Waals surface area contributed by atoms with Gasteiger partial charge in [-0.15, -0.1) is 11.3 Å². The molecular weight excluding hydrogens is 332 g/mol. The van der Waals surface area contributed by atoms with Crippen molar-refractivity contribution in [1.29, 1.82) is 0 Å². The molecule has 2 aromatic rings. The lowest BCUT2D eigenvalue weighted by molar-refractivity contribution is -0.120. The molecule has 0 aliphatic rings. The lowest BCUT2D eigenvalue weighted by Gasteiger charge is -2.25. The molecule has 0 radical (unpaired) electrons. The van der Waals surface area contributed by atoms with Crippen LogP contribution in [-0.4, -0.2) is 34.2 Å². The van der Waals surface area contributed by atoms with Crippen LogP contribution in [0.3, 0.4) is 0 Å². The lowest BCUT2D eigenvalue weighted by Crippen LogP contribution is -2.45. The van der Waals surface area contributed by atoms with Gasteiger partial charge in [-0.3, -0.25) is 9.78 Å². The van der Waals surface area contributed by atoms with Gasteiger partial charge in [-0.1, -0.05) is 6.07 Å². The fraction of sp³-hybridized carbons (Fsp3) is 0.438. The van der Waals surface area contributed by atoms with Gasteiger partial charge in [0.05, 0.1) is 23.1 Å². The van der Waals surface area contributed by atoms with Gasteiger partial charge in [-0.25, -0.2) is 13.4 Å². The highest BCUT2D eigenvalue weighted by Gasteiger charge is 2.43. The predicted octanol–water partition coefficient (Wildman–Crippen LogP) is 2.92. The molecule has 0 aliphatic heterocycles. The molecule has 0 fully saturated rings. The minimum Gasteiger partial charge on any atom is -0.297 e. The third kappa shape index (κ3) is 3.50. The van der Waals surface area contributed by atoms with Crippen molar-refractivity contribution >= 4 is 27.0 Å². The van der Waals surface area contributed by atoms with Crippen LogP contribution in [0.2, 0.25) is 0 Å². The van der Waals surface area contributed by atoms with Crippen molar-refractivity contribution in [3.63, 3.8) is 0 Å². The summed E-state index contributed by atoms with van der Waals surface area (Å²) in [5.74, 6) is -0.340. The number of carbonyl (C=O) groups is 1. The van der Waals surface area contributed by atoms with E-state index in [1.54, 1.807) is 20.0 Å². The highest BCUT2D eigenvalue weighted by atomic mass is 32.2. The maximum Gasteiger partial charge on any atom is 0.164 e. The second-order valence-electron chi connectivity index (χ2n) is 6.05. The molecule has 0 saturated carbocycles. The second kappa shape index (κ2) is 6.49. The van der Waals surface area contributed by atoms with E-state index < -0.39 is 19.8 Å². The topological polar surface area (TPSA) is 77.0 Å². The summed E-state index contributed by atoms with van der Waals surface area (Å²) in [4.78, 5) is 21.1. The van der Waals surface area contributed by atoms with E-state index in [0.29, 0.717) is 10.7 Å². The number of thiazole rings is 1. The first-order valence-electron chi connectivity index (χ1n) is 7.29. The number of ketones is 1. The molecule has 0 amide bonds. The Morgan fingerprint density at radius 2 is 1.96 bits per heavy atom. The fourth-order valence-corrected chi connectivity index (χ4v) is 4.48. The zero-order valence-electron chi connectivity index (χ0n) is 13.6. The van der Waals surface area contributed by atoms with Crippen molar-refractivity contribution in [2.75, 3.05) is 0 Å². The number of hydrogen-bond acceptors (Lipinski definition) is 6. The first kappa shape index (κ1) is 17.7. The molecule has 0 aromatic carbocycles. The van der Waals surface area contributed by atoms with Crippen LogP contribution in [0.5, 0.6) is 0 Å². The Balaban J connectivity index is 2.20. The molecule has 0 unspecified atom stereocenters. The first-order valence-corrected chi connectivity index (χ1v) is 9.71. The summed E-state index contributed by atoms with van der Waals surface area (Å²) in [7, 11) is -3.53. The third-order valence-corrected chi connectivity index (χ3v) is 7.53. The third-order valence-electron chi connectivity index (χ3n) is 3.79. The number of nitrogens with zero attached hydrogens (tertiary/aromatic N) is 2. The van der Waals surface area contributed by atoms with Crippen LogP contribution < -0.4 is 0 Å². The molecule has 0 N–H and O–H groups in total. The zero-order valence-corrected chi connectivity index (χ0v) is 15.2. The highest BCUT2D eigenvalue weighted by molar-refractivity contribution is 7.94. The predicted molar refractivity (Wildman–Crippen MR) is 92.2 cm³/mol. The first-order chi connectivity index (χ1) is 10.7. The van der Waals surface area contributed by atoms with Crippen molar-refractivity contribution in [3.8, 4) is 11.4 Å². The van der Waals surface area contributed by atoms with Crippen molar-refractivity contribution in [2.24, 2.45) is 0 Å². The van der Waals surface area contributed by atoms with Gasteiger partial charge >= 0.3 is 0 Å². The summed E-state index contributed by atoms with van der Waals surface area (Å²) in [6.45, 7) is 6.12. The number of hydrogen-bond donors (Lipinski definition) is 0. The minimum atomic E-state index is -3.53. The Kier molecular flexibility index (Phi) is 5.01. The van der Waals surface area contributed by atoms with Gasteiger partial charge in [0.2, 0.25) is 0 Å². The van der Waals surface area contributed by atoms with Gasteiger partial charge in [-0.2, -0.15) is 0 Å².